The van der Waals surface area contributed by atoms with Crippen LogP contribution in [0.3, 0.4) is 0 Å². The number of hydrogen-bond donors (Lipinski definition) is 0. The van der Waals surface area contributed by atoms with Crippen LogP contribution >= 0.6 is 0 Å². The summed E-state index contributed by atoms with van der Waals surface area (Å²) in [7, 11) is -5.47. The minimum atomic E-state index is -5.47. The lowest BCUT2D eigenvalue weighted by Gasteiger charge is -2.30. The summed E-state index contributed by atoms with van der Waals surface area (Å²) in [4.78, 5) is 1.97. The Bertz CT molecular complexity index is 358. The van der Waals surface area contributed by atoms with Crippen molar-refractivity contribution < 1.29 is 25.8 Å². The van der Waals surface area contributed by atoms with Crippen molar-refractivity contribution in [3.63, 3.8) is 0 Å². The summed E-state index contributed by atoms with van der Waals surface area (Å²) in [6.07, 6.45) is 1.34. The minimum Gasteiger partial charge on any atom is -0.299 e. The number of alkyl halides is 3. The van der Waals surface area contributed by atoms with Crippen molar-refractivity contribution >= 4 is 10.1 Å². The third-order valence-electron chi connectivity index (χ3n) is 2.47. The molecule has 4 nitrogen and oxygen atoms in total. The first-order chi connectivity index (χ1) is 7.76. The smallest absolute Gasteiger partial charge is 0.299 e. The third-order valence-corrected chi connectivity index (χ3v) is 3.56. The Kier molecular flexibility index (Phi) is 4.56. The van der Waals surface area contributed by atoms with Gasteiger partial charge in [0.2, 0.25) is 0 Å². The monoisotopic (exact) mass is 273 g/mol. The maximum Gasteiger partial charge on any atom is 0.523 e. The second-order valence-electron chi connectivity index (χ2n) is 3.78. The standard InChI is InChI=1S/C9H14F3NO3S/c1-2-5-13-6-3-8(4-7-13)16-17(14,15)9(10,11)12/h2,8H,1,3-7H2. The fourth-order valence-corrected chi connectivity index (χ4v) is 2.26. The van der Waals surface area contributed by atoms with E-state index in [0.29, 0.717) is 19.6 Å². The summed E-state index contributed by atoms with van der Waals surface area (Å²) < 4.78 is 61.8. The van der Waals surface area contributed by atoms with Crippen molar-refractivity contribution in [3.8, 4) is 0 Å². The van der Waals surface area contributed by atoms with Crippen LogP contribution in [0.1, 0.15) is 12.8 Å². The molecular formula is C9H14F3NO3S. The highest BCUT2D eigenvalue weighted by Crippen LogP contribution is 2.27. The molecule has 0 aliphatic carbocycles. The molecule has 0 unspecified atom stereocenters. The van der Waals surface area contributed by atoms with Crippen molar-refractivity contribution in [3.05, 3.63) is 12.7 Å². The predicted octanol–water partition coefficient (Wildman–Crippen LogP) is 1.50. The van der Waals surface area contributed by atoms with Crippen molar-refractivity contribution in [1.82, 2.24) is 4.90 Å². The number of piperidine rings is 1. The van der Waals surface area contributed by atoms with Crippen LogP contribution in [-0.2, 0) is 14.3 Å². The van der Waals surface area contributed by atoms with Crippen LogP contribution in [0.5, 0.6) is 0 Å². The van der Waals surface area contributed by atoms with E-state index in [-0.39, 0.29) is 12.8 Å². The Labute approximate surface area is 98.2 Å². The fourth-order valence-electron chi connectivity index (χ4n) is 1.60. The van der Waals surface area contributed by atoms with Gasteiger partial charge in [0, 0.05) is 19.6 Å². The van der Waals surface area contributed by atoms with Crippen LogP contribution in [0.4, 0.5) is 13.2 Å². The third kappa shape index (κ3) is 3.97. The molecule has 1 fully saturated rings. The lowest BCUT2D eigenvalue weighted by Crippen LogP contribution is -2.39. The number of halogens is 3. The average molecular weight is 273 g/mol. The summed E-state index contributed by atoms with van der Waals surface area (Å²) >= 11 is 0. The van der Waals surface area contributed by atoms with E-state index in [1.54, 1.807) is 6.08 Å². The molecule has 0 bridgehead atoms. The summed E-state index contributed by atoms with van der Waals surface area (Å²) in [5.41, 5.74) is -5.34. The molecule has 1 aliphatic rings. The molecule has 0 saturated carbocycles. The Morgan fingerprint density at radius 3 is 2.29 bits per heavy atom. The molecule has 0 atom stereocenters. The molecule has 100 valence electrons. The van der Waals surface area contributed by atoms with E-state index in [0.717, 1.165) is 0 Å². The molecule has 1 rings (SSSR count). The molecule has 0 radical (unpaired) electrons. The van der Waals surface area contributed by atoms with E-state index in [9.17, 15) is 21.6 Å². The molecule has 0 N–H and O–H groups in total. The molecule has 8 heteroatoms. The highest BCUT2D eigenvalue weighted by atomic mass is 32.2. The van der Waals surface area contributed by atoms with Crippen LogP contribution < -0.4 is 0 Å². The molecule has 1 saturated heterocycles. The molecule has 1 heterocycles. The zero-order valence-electron chi connectivity index (χ0n) is 9.11. The van der Waals surface area contributed by atoms with Gasteiger partial charge < -0.3 is 0 Å². The largest absolute Gasteiger partial charge is 0.523 e. The van der Waals surface area contributed by atoms with Gasteiger partial charge in [-0.3, -0.25) is 9.08 Å². The van der Waals surface area contributed by atoms with Gasteiger partial charge in [0.25, 0.3) is 0 Å². The van der Waals surface area contributed by atoms with Crippen LogP contribution in [0.15, 0.2) is 12.7 Å². The summed E-state index contributed by atoms with van der Waals surface area (Å²) in [6, 6.07) is 0. The Hall–Kier alpha value is -0.600. The predicted molar refractivity (Wildman–Crippen MR) is 55.7 cm³/mol. The van der Waals surface area contributed by atoms with E-state index < -0.39 is 21.7 Å². The van der Waals surface area contributed by atoms with Crippen LogP contribution in [0, 0.1) is 0 Å². The van der Waals surface area contributed by atoms with Gasteiger partial charge in [0.1, 0.15) is 0 Å². The van der Waals surface area contributed by atoms with Gasteiger partial charge in [0.15, 0.2) is 0 Å². The van der Waals surface area contributed by atoms with Gasteiger partial charge in [-0.1, -0.05) is 6.08 Å². The SMILES string of the molecule is C=CCN1CCC(OS(=O)(=O)C(F)(F)F)CC1. The minimum absolute atomic E-state index is 0.267. The molecular weight excluding hydrogens is 259 g/mol. The van der Waals surface area contributed by atoms with E-state index in [2.05, 4.69) is 10.8 Å². The quantitative estimate of drug-likeness (QED) is 0.442. The summed E-state index contributed by atoms with van der Waals surface area (Å²) in [5, 5.41) is 0. The van der Waals surface area contributed by atoms with E-state index in [1.807, 2.05) is 4.90 Å². The van der Waals surface area contributed by atoms with Gasteiger partial charge in [-0.25, -0.2) is 0 Å². The molecule has 0 amide bonds. The van der Waals surface area contributed by atoms with Crippen molar-refractivity contribution in [2.45, 2.75) is 24.5 Å². The molecule has 0 aromatic carbocycles. The van der Waals surface area contributed by atoms with Gasteiger partial charge in [0.05, 0.1) is 6.10 Å². The lowest BCUT2D eigenvalue weighted by atomic mass is 10.1. The van der Waals surface area contributed by atoms with Gasteiger partial charge >= 0.3 is 15.6 Å². The fraction of sp³-hybridized carbons (Fsp3) is 0.778. The first-order valence-electron chi connectivity index (χ1n) is 5.09. The van der Waals surface area contributed by atoms with Crippen LogP contribution in [-0.4, -0.2) is 44.6 Å². The van der Waals surface area contributed by atoms with E-state index in [4.69, 9.17) is 0 Å². The summed E-state index contributed by atoms with van der Waals surface area (Å²) in [5.74, 6) is 0. The van der Waals surface area contributed by atoms with E-state index >= 15 is 0 Å². The zero-order chi connectivity index (χ0) is 13.1. The Morgan fingerprint density at radius 1 is 1.35 bits per heavy atom. The topological polar surface area (TPSA) is 46.6 Å². The Balaban J connectivity index is 2.49. The normalized spacial score (nSPS) is 20.4. The second-order valence-corrected chi connectivity index (χ2v) is 5.35. The summed E-state index contributed by atoms with van der Waals surface area (Å²) in [6.45, 7) is 5.19. The lowest BCUT2D eigenvalue weighted by molar-refractivity contribution is -0.0593. The number of hydrogen-bond acceptors (Lipinski definition) is 4. The molecule has 0 aromatic heterocycles. The van der Waals surface area contributed by atoms with Crippen molar-refractivity contribution in [2.75, 3.05) is 19.6 Å². The van der Waals surface area contributed by atoms with E-state index in [1.165, 1.54) is 0 Å². The van der Waals surface area contributed by atoms with Crippen LogP contribution in [0.2, 0.25) is 0 Å². The number of likely N-dealkylation sites (tertiary alicyclic amines) is 1. The van der Waals surface area contributed by atoms with Crippen LogP contribution in [0.25, 0.3) is 0 Å². The first kappa shape index (κ1) is 14.5. The van der Waals surface area contributed by atoms with Gasteiger partial charge in [-0.15, -0.1) is 6.58 Å². The van der Waals surface area contributed by atoms with Gasteiger partial charge in [-0.2, -0.15) is 21.6 Å². The average Bonchev–Trinajstić information content (AvgIpc) is 2.19. The maximum atomic E-state index is 12.0. The molecule has 0 aromatic rings. The number of nitrogens with zero attached hydrogens (tertiary/aromatic N) is 1. The molecule has 17 heavy (non-hydrogen) atoms. The molecule has 1 aliphatic heterocycles. The Morgan fingerprint density at radius 2 is 1.88 bits per heavy atom. The maximum absolute atomic E-state index is 12.0. The van der Waals surface area contributed by atoms with Gasteiger partial charge in [-0.05, 0) is 12.8 Å². The zero-order valence-corrected chi connectivity index (χ0v) is 9.93. The second kappa shape index (κ2) is 5.36. The number of rotatable bonds is 4. The molecule has 0 spiro atoms. The highest BCUT2D eigenvalue weighted by Gasteiger charge is 2.48. The highest BCUT2D eigenvalue weighted by molar-refractivity contribution is 7.87. The van der Waals surface area contributed by atoms with Crippen molar-refractivity contribution in [2.24, 2.45) is 0 Å². The first-order valence-corrected chi connectivity index (χ1v) is 6.50. The van der Waals surface area contributed by atoms with Crippen molar-refractivity contribution in [1.29, 1.82) is 0 Å².